The minimum Gasteiger partial charge on any atom is -0.379 e. The molecule has 0 heterocycles. The van der Waals surface area contributed by atoms with Crippen molar-refractivity contribution in [3.63, 3.8) is 0 Å². The van der Waals surface area contributed by atoms with Crippen molar-refractivity contribution in [2.75, 3.05) is 11.9 Å². The van der Waals surface area contributed by atoms with E-state index in [2.05, 4.69) is 10.6 Å². The number of para-hydroxylation sites is 1. The number of carbonyl (C=O) groups excluding carboxylic acids is 1. The molecule has 116 valence electrons. The van der Waals surface area contributed by atoms with Crippen LogP contribution in [0.3, 0.4) is 0 Å². The number of carbonyl (C=O) groups is 1. The number of anilines is 1. The van der Waals surface area contributed by atoms with Crippen molar-refractivity contribution in [2.24, 2.45) is 5.92 Å². The van der Waals surface area contributed by atoms with Gasteiger partial charge in [0.25, 0.3) is 11.6 Å². The Kier molecular flexibility index (Phi) is 6.14. The van der Waals surface area contributed by atoms with Crippen LogP contribution < -0.4 is 10.6 Å². The Hall–Kier alpha value is -2.11. The van der Waals surface area contributed by atoms with Crippen LogP contribution in [0.4, 0.5) is 11.4 Å². The van der Waals surface area contributed by atoms with Crippen molar-refractivity contribution in [1.29, 1.82) is 0 Å². The van der Waals surface area contributed by atoms with Crippen LogP contribution in [-0.2, 0) is 0 Å². The number of hydrogen-bond acceptors (Lipinski definition) is 4. The third kappa shape index (κ3) is 4.44. The van der Waals surface area contributed by atoms with Gasteiger partial charge in [0.2, 0.25) is 0 Å². The molecule has 0 spiro atoms. The molecule has 0 bridgehead atoms. The molecule has 1 aromatic carbocycles. The van der Waals surface area contributed by atoms with E-state index in [1.54, 1.807) is 6.07 Å². The smallest absolute Gasteiger partial charge is 0.293 e. The van der Waals surface area contributed by atoms with E-state index in [4.69, 9.17) is 0 Å². The van der Waals surface area contributed by atoms with Gasteiger partial charge in [-0.25, -0.2) is 0 Å². The molecule has 1 rings (SSSR count). The predicted molar refractivity (Wildman–Crippen MR) is 83.6 cm³/mol. The maximum absolute atomic E-state index is 12.3. The summed E-state index contributed by atoms with van der Waals surface area (Å²) >= 11 is 0. The Labute approximate surface area is 125 Å². The quantitative estimate of drug-likeness (QED) is 0.597. The second kappa shape index (κ2) is 7.61. The van der Waals surface area contributed by atoms with Crippen molar-refractivity contribution in [3.05, 3.63) is 33.9 Å². The number of rotatable bonds is 7. The molecule has 0 fully saturated rings. The summed E-state index contributed by atoms with van der Waals surface area (Å²) in [5, 5.41) is 17.0. The number of amides is 1. The number of nitro groups is 1. The maximum atomic E-state index is 12.3. The van der Waals surface area contributed by atoms with E-state index < -0.39 is 4.92 Å². The highest BCUT2D eigenvalue weighted by Crippen LogP contribution is 2.28. The van der Waals surface area contributed by atoms with Crippen LogP contribution in [0.25, 0.3) is 0 Å². The Morgan fingerprint density at radius 3 is 2.52 bits per heavy atom. The summed E-state index contributed by atoms with van der Waals surface area (Å²) in [7, 11) is 0. The number of nitrogens with zero attached hydrogens (tertiary/aromatic N) is 1. The van der Waals surface area contributed by atoms with Crippen molar-refractivity contribution in [1.82, 2.24) is 5.32 Å². The van der Waals surface area contributed by atoms with Crippen molar-refractivity contribution in [3.8, 4) is 0 Å². The van der Waals surface area contributed by atoms with E-state index in [9.17, 15) is 14.9 Å². The largest absolute Gasteiger partial charge is 0.379 e. The van der Waals surface area contributed by atoms with E-state index in [0.29, 0.717) is 18.0 Å². The first kappa shape index (κ1) is 16.9. The van der Waals surface area contributed by atoms with Crippen LogP contribution in [0.15, 0.2) is 18.2 Å². The van der Waals surface area contributed by atoms with Crippen LogP contribution in [0, 0.1) is 16.0 Å². The molecule has 1 unspecified atom stereocenters. The lowest BCUT2D eigenvalue weighted by Gasteiger charge is -2.19. The Morgan fingerprint density at radius 1 is 1.33 bits per heavy atom. The second-order valence-corrected chi connectivity index (χ2v) is 5.39. The first-order valence-corrected chi connectivity index (χ1v) is 7.20. The molecule has 6 heteroatoms. The van der Waals surface area contributed by atoms with Gasteiger partial charge in [-0.1, -0.05) is 26.8 Å². The van der Waals surface area contributed by atoms with Crippen LogP contribution in [-0.4, -0.2) is 23.4 Å². The summed E-state index contributed by atoms with van der Waals surface area (Å²) in [6, 6.07) is 4.54. The van der Waals surface area contributed by atoms with Gasteiger partial charge in [-0.3, -0.25) is 14.9 Å². The summed E-state index contributed by atoms with van der Waals surface area (Å²) < 4.78 is 0. The Bertz CT molecular complexity index is 515. The zero-order valence-corrected chi connectivity index (χ0v) is 13.0. The summed E-state index contributed by atoms with van der Waals surface area (Å²) in [4.78, 5) is 23.0. The zero-order chi connectivity index (χ0) is 16.0. The zero-order valence-electron chi connectivity index (χ0n) is 13.0. The molecule has 0 saturated heterocycles. The topological polar surface area (TPSA) is 84.3 Å². The number of nitro benzene ring substituents is 1. The monoisotopic (exact) mass is 293 g/mol. The molecule has 0 radical (unpaired) electrons. The van der Waals surface area contributed by atoms with Crippen LogP contribution in [0.5, 0.6) is 0 Å². The highest BCUT2D eigenvalue weighted by Gasteiger charge is 2.22. The highest BCUT2D eigenvalue weighted by molar-refractivity contribution is 6.01. The molecule has 0 saturated carbocycles. The van der Waals surface area contributed by atoms with Crippen molar-refractivity contribution >= 4 is 17.3 Å². The summed E-state index contributed by atoms with van der Waals surface area (Å²) in [6.45, 7) is 8.47. The molecule has 1 aromatic rings. The van der Waals surface area contributed by atoms with Crippen LogP contribution >= 0.6 is 0 Å². The average molecular weight is 293 g/mol. The van der Waals surface area contributed by atoms with Crippen molar-refractivity contribution in [2.45, 2.75) is 40.2 Å². The molecule has 0 aromatic heterocycles. The summed E-state index contributed by atoms with van der Waals surface area (Å²) in [5.41, 5.74) is 0.524. The first-order valence-electron chi connectivity index (χ1n) is 7.20. The molecule has 1 amide bonds. The lowest BCUT2D eigenvalue weighted by molar-refractivity contribution is -0.384. The average Bonchev–Trinajstić information content (AvgIpc) is 2.44. The fourth-order valence-corrected chi connectivity index (χ4v) is 1.77. The number of nitrogens with one attached hydrogen (secondary N) is 2. The molecule has 0 aliphatic heterocycles. The Morgan fingerprint density at radius 2 is 2.00 bits per heavy atom. The van der Waals surface area contributed by atoms with Gasteiger partial charge in [-0.2, -0.15) is 0 Å². The van der Waals surface area contributed by atoms with E-state index in [1.165, 1.54) is 12.1 Å². The fourth-order valence-electron chi connectivity index (χ4n) is 1.77. The minimum absolute atomic E-state index is 0.00390. The normalized spacial score (nSPS) is 12.0. The minimum atomic E-state index is -0.472. The molecular formula is C15H23N3O3. The molecule has 1 atom stereocenters. The van der Waals surface area contributed by atoms with Gasteiger partial charge in [0.1, 0.15) is 5.69 Å². The molecule has 0 aliphatic carbocycles. The summed E-state index contributed by atoms with van der Waals surface area (Å²) in [6.07, 6.45) is 0.815. The third-order valence-corrected chi connectivity index (χ3v) is 3.39. The van der Waals surface area contributed by atoms with Gasteiger partial charge in [0, 0.05) is 18.7 Å². The van der Waals surface area contributed by atoms with E-state index in [0.717, 1.165) is 6.42 Å². The molecule has 21 heavy (non-hydrogen) atoms. The van der Waals surface area contributed by atoms with Gasteiger partial charge in [0.15, 0.2) is 0 Å². The maximum Gasteiger partial charge on any atom is 0.293 e. The molecular weight excluding hydrogens is 270 g/mol. The van der Waals surface area contributed by atoms with Crippen molar-refractivity contribution < 1.29 is 9.72 Å². The lowest BCUT2D eigenvalue weighted by atomic mass is 10.0. The van der Waals surface area contributed by atoms with Gasteiger partial charge in [0.05, 0.1) is 10.5 Å². The third-order valence-electron chi connectivity index (χ3n) is 3.39. The van der Waals surface area contributed by atoms with Gasteiger partial charge >= 0.3 is 0 Å². The number of hydrogen-bond donors (Lipinski definition) is 2. The molecule has 2 N–H and O–H groups in total. The fraction of sp³-hybridized carbons (Fsp3) is 0.533. The van der Waals surface area contributed by atoms with Gasteiger partial charge < -0.3 is 10.6 Å². The summed E-state index contributed by atoms with van der Waals surface area (Å²) in [5.74, 6) is -0.00166. The standard InChI is InChI=1S/C15H23N3O3/c1-5-9-16-14-12(7-6-8-13(14)18(20)21)15(19)17-11(4)10(2)3/h6-8,10-11,16H,5,9H2,1-4H3,(H,17,19). The Balaban J connectivity index is 3.12. The SMILES string of the molecule is CCCNc1c(C(=O)NC(C)C(C)C)cccc1[N+](=O)[O-]. The van der Waals surface area contributed by atoms with E-state index >= 15 is 0 Å². The van der Waals surface area contributed by atoms with Gasteiger partial charge in [-0.15, -0.1) is 0 Å². The molecule has 6 nitrogen and oxygen atoms in total. The van der Waals surface area contributed by atoms with Crippen LogP contribution in [0.1, 0.15) is 44.5 Å². The highest BCUT2D eigenvalue weighted by atomic mass is 16.6. The predicted octanol–water partition coefficient (Wildman–Crippen LogP) is 3.19. The second-order valence-electron chi connectivity index (χ2n) is 5.39. The lowest BCUT2D eigenvalue weighted by Crippen LogP contribution is -2.36. The van der Waals surface area contributed by atoms with E-state index in [1.807, 2.05) is 27.7 Å². The van der Waals surface area contributed by atoms with Crippen LogP contribution in [0.2, 0.25) is 0 Å². The first-order chi connectivity index (χ1) is 9.88. The van der Waals surface area contributed by atoms with E-state index in [-0.39, 0.29) is 23.3 Å². The molecule has 0 aliphatic rings. The number of benzene rings is 1. The van der Waals surface area contributed by atoms with Gasteiger partial charge in [-0.05, 0) is 25.3 Å².